The highest BCUT2D eigenvalue weighted by Crippen LogP contribution is 2.21. The molecule has 0 spiro atoms. The molecule has 4 rings (SSSR count). The number of hydrogen-bond acceptors (Lipinski definition) is 5. The summed E-state index contributed by atoms with van der Waals surface area (Å²) in [5, 5.41) is 9.58. The van der Waals surface area contributed by atoms with Crippen molar-refractivity contribution in [3.63, 3.8) is 0 Å². The van der Waals surface area contributed by atoms with Crippen molar-refractivity contribution < 1.29 is 4.79 Å². The third-order valence-corrected chi connectivity index (χ3v) is 5.50. The minimum Gasteiger partial charge on any atom is -0.365 e. The Labute approximate surface area is 164 Å². The van der Waals surface area contributed by atoms with E-state index in [9.17, 15) is 9.59 Å². The van der Waals surface area contributed by atoms with Gasteiger partial charge in [-0.25, -0.2) is 4.98 Å². The van der Waals surface area contributed by atoms with E-state index in [-0.39, 0.29) is 11.5 Å². The van der Waals surface area contributed by atoms with Crippen LogP contribution in [0.5, 0.6) is 0 Å². The number of nitrogens with one attached hydrogen (secondary N) is 3. The lowest BCUT2D eigenvalue weighted by Crippen LogP contribution is -2.32. The number of benzene rings is 1. The van der Waals surface area contributed by atoms with Gasteiger partial charge in [0.2, 0.25) is 0 Å². The van der Waals surface area contributed by atoms with Crippen LogP contribution in [0.25, 0.3) is 5.69 Å². The molecule has 1 saturated carbocycles. The minimum atomic E-state index is -0.195. The molecule has 28 heavy (non-hydrogen) atoms. The summed E-state index contributed by atoms with van der Waals surface area (Å²) in [6.07, 6.45) is 7.57. The van der Waals surface area contributed by atoms with Crippen molar-refractivity contribution in [2.45, 2.75) is 38.6 Å². The lowest BCUT2D eigenvalue weighted by atomic mass is 9.98. The Balaban J connectivity index is 1.56. The topological polar surface area (TPSA) is 88.1 Å². The number of nitrogens with zero attached hydrogens (tertiary/aromatic N) is 2. The number of aryl methyl sites for hydroxylation is 1. The first-order chi connectivity index (χ1) is 13.6. The van der Waals surface area contributed by atoms with Gasteiger partial charge in [0.05, 0.1) is 5.69 Å². The van der Waals surface area contributed by atoms with Crippen LogP contribution in [0, 0.1) is 12.8 Å². The number of piperidine rings is 1. The van der Waals surface area contributed by atoms with Crippen LogP contribution < -0.4 is 21.5 Å². The second-order valence-electron chi connectivity index (χ2n) is 7.77. The number of hydrogen-bond donors (Lipinski definition) is 3. The van der Waals surface area contributed by atoms with Crippen molar-refractivity contribution in [2.75, 3.05) is 25.0 Å². The van der Waals surface area contributed by atoms with E-state index in [0.29, 0.717) is 29.0 Å². The lowest BCUT2D eigenvalue weighted by Gasteiger charge is -2.23. The molecule has 1 aromatic carbocycles. The van der Waals surface area contributed by atoms with E-state index in [2.05, 4.69) is 20.9 Å². The Morgan fingerprint density at radius 3 is 2.79 bits per heavy atom. The summed E-state index contributed by atoms with van der Waals surface area (Å²) in [5.41, 5.74) is 2.01. The van der Waals surface area contributed by atoms with Crippen LogP contribution in [-0.4, -0.2) is 41.1 Å². The molecule has 1 saturated heterocycles. The number of carbonyl (C=O) groups excluding carboxylic acids is 1. The zero-order chi connectivity index (χ0) is 19.5. The van der Waals surface area contributed by atoms with Gasteiger partial charge in [0.15, 0.2) is 5.82 Å². The minimum absolute atomic E-state index is 0.0879. The van der Waals surface area contributed by atoms with Gasteiger partial charge >= 0.3 is 0 Å². The van der Waals surface area contributed by atoms with Gasteiger partial charge in [0.25, 0.3) is 11.5 Å². The summed E-state index contributed by atoms with van der Waals surface area (Å²) in [6.45, 7) is 4.73. The summed E-state index contributed by atoms with van der Waals surface area (Å²) < 4.78 is 1.57. The zero-order valence-corrected chi connectivity index (χ0v) is 16.2. The first kappa shape index (κ1) is 18.7. The Bertz CT molecular complexity index is 913. The third-order valence-electron chi connectivity index (χ3n) is 5.50. The molecule has 0 unspecified atom stereocenters. The van der Waals surface area contributed by atoms with Crippen molar-refractivity contribution in [1.82, 2.24) is 20.2 Å². The van der Waals surface area contributed by atoms with E-state index in [1.807, 2.05) is 13.0 Å². The first-order valence-corrected chi connectivity index (χ1v) is 10.1. The summed E-state index contributed by atoms with van der Waals surface area (Å²) in [7, 11) is 0. The Morgan fingerprint density at radius 1 is 1.25 bits per heavy atom. The summed E-state index contributed by atoms with van der Waals surface area (Å²) in [6, 6.07) is 5.77. The fourth-order valence-electron chi connectivity index (χ4n) is 3.56. The highest BCUT2D eigenvalue weighted by atomic mass is 16.2. The number of rotatable bonds is 6. The highest BCUT2D eigenvalue weighted by Gasteiger charge is 2.24. The molecule has 0 atom stereocenters. The molecule has 2 heterocycles. The Morgan fingerprint density at radius 2 is 2.04 bits per heavy atom. The zero-order valence-electron chi connectivity index (χ0n) is 16.2. The summed E-state index contributed by atoms with van der Waals surface area (Å²) in [5.74, 6) is 0.815. The molecule has 1 amide bonds. The van der Waals surface area contributed by atoms with E-state index in [0.717, 1.165) is 50.9 Å². The third kappa shape index (κ3) is 4.25. The number of anilines is 1. The normalized spacial score (nSPS) is 17.3. The quantitative estimate of drug-likeness (QED) is 0.711. The smallest absolute Gasteiger partial charge is 0.297 e. The maximum absolute atomic E-state index is 13.0. The standard InChI is InChI=1S/C21H27N5O2/c1-14-2-3-16(20(27)25-17-4-5-17)12-18(14)26-11-10-23-19(21(26)28)24-13-15-6-8-22-9-7-15/h2-3,10-12,15,17,22H,4-9,13H2,1H3,(H,23,24)(H,25,27). The fraction of sp³-hybridized carbons (Fsp3) is 0.476. The van der Waals surface area contributed by atoms with Crippen LogP contribution in [0.3, 0.4) is 0 Å². The van der Waals surface area contributed by atoms with E-state index in [1.165, 1.54) is 0 Å². The van der Waals surface area contributed by atoms with E-state index < -0.39 is 0 Å². The van der Waals surface area contributed by atoms with Crippen molar-refractivity contribution in [3.8, 4) is 5.69 Å². The highest BCUT2D eigenvalue weighted by molar-refractivity contribution is 5.95. The Kier molecular flexibility index (Phi) is 5.43. The molecule has 1 aliphatic carbocycles. The molecular formula is C21H27N5O2. The monoisotopic (exact) mass is 381 g/mol. The Hall–Kier alpha value is -2.67. The van der Waals surface area contributed by atoms with Gasteiger partial charge in [-0.2, -0.15) is 0 Å². The van der Waals surface area contributed by atoms with Gasteiger partial charge in [-0.05, 0) is 69.3 Å². The van der Waals surface area contributed by atoms with Crippen LogP contribution >= 0.6 is 0 Å². The van der Waals surface area contributed by atoms with Crippen LogP contribution in [0.15, 0.2) is 35.4 Å². The van der Waals surface area contributed by atoms with Crippen molar-refractivity contribution in [3.05, 3.63) is 52.1 Å². The second kappa shape index (κ2) is 8.14. The molecule has 2 fully saturated rings. The molecule has 2 aromatic rings. The van der Waals surface area contributed by atoms with E-state index in [1.54, 1.807) is 29.1 Å². The van der Waals surface area contributed by atoms with Gasteiger partial charge in [-0.3, -0.25) is 14.2 Å². The van der Waals surface area contributed by atoms with Crippen molar-refractivity contribution in [1.29, 1.82) is 0 Å². The lowest BCUT2D eigenvalue weighted by molar-refractivity contribution is 0.0951. The van der Waals surface area contributed by atoms with Crippen molar-refractivity contribution >= 4 is 11.7 Å². The molecule has 1 aromatic heterocycles. The molecule has 7 heteroatoms. The van der Waals surface area contributed by atoms with Gasteiger partial charge in [0, 0.05) is 30.5 Å². The molecule has 0 bridgehead atoms. The molecular weight excluding hydrogens is 354 g/mol. The molecule has 1 aliphatic heterocycles. The molecule has 148 valence electrons. The maximum atomic E-state index is 13.0. The second-order valence-corrected chi connectivity index (χ2v) is 7.77. The molecule has 2 aliphatic rings. The summed E-state index contributed by atoms with van der Waals surface area (Å²) >= 11 is 0. The van der Waals surface area contributed by atoms with E-state index >= 15 is 0 Å². The molecule has 0 radical (unpaired) electrons. The van der Waals surface area contributed by atoms with Gasteiger partial charge in [-0.1, -0.05) is 6.07 Å². The van der Waals surface area contributed by atoms with Gasteiger partial charge in [-0.15, -0.1) is 0 Å². The van der Waals surface area contributed by atoms with Crippen LogP contribution in [-0.2, 0) is 0 Å². The molecule has 7 nitrogen and oxygen atoms in total. The predicted molar refractivity (Wildman–Crippen MR) is 109 cm³/mol. The number of amides is 1. The SMILES string of the molecule is Cc1ccc(C(=O)NC2CC2)cc1-n1ccnc(NCC2CCNCC2)c1=O. The van der Waals surface area contributed by atoms with Crippen LogP contribution in [0.1, 0.15) is 41.6 Å². The average molecular weight is 381 g/mol. The first-order valence-electron chi connectivity index (χ1n) is 10.1. The van der Waals surface area contributed by atoms with Crippen molar-refractivity contribution in [2.24, 2.45) is 5.92 Å². The number of aromatic nitrogens is 2. The largest absolute Gasteiger partial charge is 0.365 e. The van der Waals surface area contributed by atoms with E-state index in [4.69, 9.17) is 0 Å². The van der Waals surface area contributed by atoms with Gasteiger partial charge in [0.1, 0.15) is 0 Å². The van der Waals surface area contributed by atoms with Crippen LogP contribution in [0.4, 0.5) is 5.82 Å². The predicted octanol–water partition coefficient (Wildman–Crippen LogP) is 1.84. The maximum Gasteiger partial charge on any atom is 0.297 e. The average Bonchev–Trinajstić information content (AvgIpc) is 3.52. The molecule has 3 N–H and O–H groups in total. The number of carbonyl (C=O) groups is 1. The van der Waals surface area contributed by atoms with Gasteiger partial charge < -0.3 is 16.0 Å². The summed E-state index contributed by atoms with van der Waals surface area (Å²) in [4.78, 5) is 29.6. The fourth-order valence-corrected chi connectivity index (χ4v) is 3.56. The van der Waals surface area contributed by atoms with Crippen LogP contribution in [0.2, 0.25) is 0 Å².